The van der Waals surface area contributed by atoms with Crippen LogP contribution in [-0.2, 0) is 0 Å². The van der Waals surface area contributed by atoms with Gasteiger partial charge in [0, 0.05) is 12.8 Å². The minimum Gasteiger partial charge on any atom is -0.328 e. The lowest BCUT2D eigenvalue weighted by atomic mass is 9.95. The van der Waals surface area contributed by atoms with Crippen LogP contribution in [0.15, 0.2) is 0 Å². The number of quaternary nitrogens is 1. The van der Waals surface area contributed by atoms with Crippen molar-refractivity contribution in [2.45, 2.75) is 19.0 Å². The third kappa shape index (κ3) is 2.37. The fraction of sp³-hybridized carbons (Fsp3) is 1.00. The average molecular weight is 182 g/mol. The molecule has 1 fully saturated rings. The first-order valence-electron chi connectivity index (χ1n) is 4.20. The molecule has 0 atom stereocenters. The lowest BCUT2D eigenvalue weighted by molar-refractivity contribution is -0.896. The number of alkyl halides is 3. The normalized spacial score (nSPS) is 25.8. The van der Waals surface area contributed by atoms with Gasteiger partial charge in [0.1, 0.15) is 0 Å². The largest absolute Gasteiger partial charge is 0.392 e. The van der Waals surface area contributed by atoms with Gasteiger partial charge in [0.15, 0.2) is 0 Å². The van der Waals surface area contributed by atoms with E-state index in [2.05, 4.69) is 0 Å². The van der Waals surface area contributed by atoms with E-state index in [4.69, 9.17) is 0 Å². The first-order chi connectivity index (χ1) is 5.31. The molecule has 4 heteroatoms. The van der Waals surface area contributed by atoms with Crippen LogP contribution in [0, 0.1) is 5.92 Å². The van der Waals surface area contributed by atoms with Crippen LogP contribution >= 0.6 is 0 Å². The quantitative estimate of drug-likeness (QED) is 0.503. The number of hydrogen-bond donors (Lipinski definition) is 0. The summed E-state index contributed by atoms with van der Waals surface area (Å²) in [7, 11) is 3.96. The maximum Gasteiger partial charge on any atom is 0.392 e. The van der Waals surface area contributed by atoms with E-state index in [9.17, 15) is 13.2 Å². The fourth-order valence-corrected chi connectivity index (χ4v) is 1.59. The smallest absolute Gasteiger partial charge is 0.328 e. The third-order valence-electron chi connectivity index (χ3n) is 2.63. The van der Waals surface area contributed by atoms with Crippen molar-refractivity contribution in [3.05, 3.63) is 0 Å². The van der Waals surface area contributed by atoms with E-state index >= 15 is 0 Å². The predicted octanol–water partition coefficient (Wildman–Crippen LogP) is 2.04. The molecule has 1 saturated heterocycles. The van der Waals surface area contributed by atoms with Gasteiger partial charge in [0.2, 0.25) is 0 Å². The summed E-state index contributed by atoms with van der Waals surface area (Å²) in [4.78, 5) is 0. The van der Waals surface area contributed by atoms with Gasteiger partial charge in [-0.1, -0.05) is 0 Å². The molecule has 0 aromatic rings. The van der Waals surface area contributed by atoms with E-state index in [1.807, 2.05) is 14.1 Å². The third-order valence-corrected chi connectivity index (χ3v) is 2.63. The van der Waals surface area contributed by atoms with Crippen molar-refractivity contribution in [3.8, 4) is 0 Å². The molecule has 72 valence electrons. The van der Waals surface area contributed by atoms with Crippen LogP contribution in [0.2, 0.25) is 0 Å². The lowest BCUT2D eigenvalue weighted by Gasteiger charge is -2.37. The predicted molar refractivity (Wildman–Crippen MR) is 40.6 cm³/mol. The lowest BCUT2D eigenvalue weighted by Crippen LogP contribution is -2.48. The van der Waals surface area contributed by atoms with Crippen molar-refractivity contribution in [2.75, 3.05) is 27.2 Å². The number of hydrogen-bond acceptors (Lipinski definition) is 0. The Hall–Kier alpha value is -0.250. The number of halogens is 3. The molecule has 0 amide bonds. The molecule has 0 saturated carbocycles. The van der Waals surface area contributed by atoms with Crippen LogP contribution in [-0.4, -0.2) is 37.8 Å². The molecule has 1 heterocycles. The van der Waals surface area contributed by atoms with E-state index in [1.54, 1.807) is 0 Å². The van der Waals surface area contributed by atoms with Crippen molar-refractivity contribution in [3.63, 3.8) is 0 Å². The summed E-state index contributed by atoms with van der Waals surface area (Å²) in [6.45, 7) is 1.29. The molecule has 0 spiro atoms. The number of nitrogens with zero attached hydrogens (tertiary/aromatic N) is 1. The highest BCUT2D eigenvalue weighted by Crippen LogP contribution is 2.34. The Kier molecular flexibility index (Phi) is 2.38. The Labute approximate surface area is 70.8 Å². The average Bonchev–Trinajstić information content (AvgIpc) is 1.83. The van der Waals surface area contributed by atoms with E-state index in [-0.39, 0.29) is 12.8 Å². The van der Waals surface area contributed by atoms with Crippen molar-refractivity contribution >= 4 is 0 Å². The van der Waals surface area contributed by atoms with Crippen LogP contribution in [0.3, 0.4) is 0 Å². The van der Waals surface area contributed by atoms with E-state index < -0.39 is 12.1 Å². The van der Waals surface area contributed by atoms with Crippen LogP contribution in [0.1, 0.15) is 12.8 Å². The van der Waals surface area contributed by atoms with Gasteiger partial charge in [-0.2, -0.15) is 13.2 Å². The zero-order chi connectivity index (χ0) is 9.41. The highest BCUT2D eigenvalue weighted by molar-refractivity contribution is 4.70. The Bertz CT molecular complexity index is 152. The van der Waals surface area contributed by atoms with Gasteiger partial charge in [0.25, 0.3) is 0 Å². The zero-order valence-electron chi connectivity index (χ0n) is 7.49. The molecule has 0 bridgehead atoms. The maximum atomic E-state index is 12.2. The minimum absolute atomic E-state index is 0.288. The first-order valence-corrected chi connectivity index (χ1v) is 4.20. The molecule has 0 aromatic carbocycles. The summed E-state index contributed by atoms with van der Waals surface area (Å²) in [6.07, 6.45) is -3.40. The molecule has 1 nitrogen and oxygen atoms in total. The van der Waals surface area contributed by atoms with E-state index in [1.165, 1.54) is 0 Å². The van der Waals surface area contributed by atoms with Gasteiger partial charge >= 0.3 is 6.18 Å². The molecule has 0 unspecified atom stereocenters. The maximum absolute atomic E-state index is 12.2. The minimum atomic E-state index is -3.97. The summed E-state index contributed by atoms with van der Waals surface area (Å²) in [5, 5.41) is 0. The van der Waals surface area contributed by atoms with Gasteiger partial charge in [-0.15, -0.1) is 0 Å². The zero-order valence-corrected chi connectivity index (χ0v) is 7.49. The number of rotatable bonds is 0. The Morgan fingerprint density at radius 2 is 1.50 bits per heavy atom. The van der Waals surface area contributed by atoms with E-state index in [0.29, 0.717) is 13.1 Å². The van der Waals surface area contributed by atoms with Crippen molar-refractivity contribution < 1.29 is 17.7 Å². The SMILES string of the molecule is C[N+]1(C)CCC(C(F)(F)F)CC1. The second-order valence-electron chi connectivity index (χ2n) is 4.20. The molecule has 0 aromatic heterocycles. The molecule has 0 N–H and O–H groups in total. The number of piperidine rings is 1. The van der Waals surface area contributed by atoms with Gasteiger partial charge in [-0.05, 0) is 0 Å². The molecular formula is C8H15F3N+. The van der Waals surface area contributed by atoms with Crippen LogP contribution in [0.5, 0.6) is 0 Å². The monoisotopic (exact) mass is 182 g/mol. The summed E-state index contributed by atoms with van der Waals surface area (Å²) in [5.41, 5.74) is 0. The number of likely N-dealkylation sites (tertiary alicyclic amines) is 1. The van der Waals surface area contributed by atoms with Crippen molar-refractivity contribution in [1.29, 1.82) is 0 Å². The van der Waals surface area contributed by atoms with Gasteiger partial charge < -0.3 is 4.48 Å². The van der Waals surface area contributed by atoms with Crippen molar-refractivity contribution in [2.24, 2.45) is 5.92 Å². The van der Waals surface area contributed by atoms with Gasteiger partial charge in [-0.3, -0.25) is 0 Å². The highest BCUT2D eigenvalue weighted by atomic mass is 19.4. The molecule has 0 radical (unpaired) electrons. The van der Waals surface area contributed by atoms with E-state index in [0.717, 1.165) is 4.48 Å². The Morgan fingerprint density at radius 1 is 1.08 bits per heavy atom. The molecular weight excluding hydrogens is 167 g/mol. The second-order valence-corrected chi connectivity index (χ2v) is 4.20. The molecule has 1 aliphatic rings. The van der Waals surface area contributed by atoms with Gasteiger partial charge in [-0.25, -0.2) is 0 Å². The summed E-state index contributed by atoms with van der Waals surface area (Å²) < 4.78 is 37.3. The molecule has 1 aliphatic heterocycles. The fourth-order valence-electron chi connectivity index (χ4n) is 1.59. The molecule has 1 rings (SSSR count). The van der Waals surface area contributed by atoms with Gasteiger partial charge in [0.05, 0.1) is 33.1 Å². The Balaban J connectivity index is 2.47. The molecule has 0 aliphatic carbocycles. The van der Waals surface area contributed by atoms with Crippen LogP contribution in [0.4, 0.5) is 13.2 Å². The second kappa shape index (κ2) is 2.91. The standard InChI is InChI=1S/C8H15F3N/c1-12(2)5-3-7(4-6-12)8(9,10)11/h7H,3-6H2,1-2H3/q+1. The summed E-state index contributed by atoms with van der Waals surface area (Å²) in [6, 6.07) is 0. The Morgan fingerprint density at radius 3 is 1.83 bits per heavy atom. The summed E-state index contributed by atoms with van der Waals surface area (Å²) >= 11 is 0. The highest BCUT2D eigenvalue weighted by Gasteiger charge is 2.43. The topological polar surface area (TPSA) is 0 Å². The van der Waals surface area contributed by atoms with Crippen LogP contribution in [0.25, 0.3) is 0 Å². The molecule has 12 heavy (non-hydrogen) atoms. The summed E-state index contributed by atoms with van der Waals surface area (Å²) in [5.74, 6) is -1.05. The van der Waals surface area contributed by atoms with Crippen LogP contribution < -0.4 is 0 Å². The first kappa shape index (κ1) is 9.84. The van der Waals surface area contributed by atoms with Crippen molar-refractivity contribution in [1.82, 2.24) is 0 Å².